The first kappa shape index (κ1) is 17.2. The molecule has 0 aliphatic carbocycles. The van der Waals surface area contributed by atoms with E-state index in [0.29, 0.717) is 13.0 Å². The Hall–Kier alpha value is -1.79. The molecule has 19 heavy (non-hydrogen) atoms. The van der Waals surface area contributed by atoms with Gasteiger partial charge in [-0.25, -0.2) is 9.59 Å². The minimum Gasteiger partial charge on any atom is -0.481 e. The molecule has 0 heterocycles. The number of hydrogen-bond donors (Lipinski definition) is 2. The lowest BCUT2D eigenvalue weighted by Crippen LogP contribution is -2.49. The highest BCUT2D eigenvalue weighted by molar-refractivity contribution is 5.83. The van der Waals surface area contributed by atoms with Crippen LogP contribution in [-0.2, 0) is 14.3 Å². The smallest absolute Gasteiger partial charge is 0.328 e. The molecular formula is C12H22N2O5. The summed E-state index contributed by atoms with van der Waals surface area (Å²) in [7, 11) is 2.81. The molecule has 0 radical (unpaired) electrons. The van der Waals surface area contributed by atoms with Crippen molar-refractivity contribution in [1.82, 2.24) is 10.2 Å². The third-order valence-electron chi connectivity index (χ3n) is 2.63. The molecular weight excluding hydrogens is 252 g/mol. The maximum atomic E-state index is 11.8. The zero-order valence-electron chi connectivity index (χ0n) is 11.8. The summed E-state index contributed by atoms with van der Waals surface area (Å²) in [6.07, 6.45) is 0.367. The standard InChI is InChI=1S/C12H22N2O5/c1-8(2)10(11(17)19-4)13-12(18)14(3)7-5-6-9(15)16/h8,10H,5-7H2,1-4H3,(H,13,18)(H,15,16). The molecule has 0 saturated heterocycles. The molecule has 0 fully saturated rings. The number of esters is 1. The number of carboxylic acids is 1. The van der Waals surface area contributed by atoms with E-state index in [2.05, 4.69) is 10.1 Å². The monoisotopic (exact) mass is 274 g/mol. The molecule has 7 heteroatoms. The van der Waals surface area contributed by atoms with E-state index in [0.717, 1.165) is 0 Å². The van der Waals surface area contributed by atoms with Crippen molar-refractivity contribution in [3.8, 4) is 0 Å². The fourth-order valence-corrected chi connectivity index (χ4v) is 1.44. The Morgan fingerprint density at radius 2 is 1.89 bits per heavy atom. The van der Waals surface area contributed by atoms with Crippen molar-refractivity contribution in [2.24, 2.45) is 5.92 Å². The van der Waals surface area contributed by atoms with Crippen LogP contribution in [0.4, 0.5) is 4.79 Å². The lowest BCUT2D eigenvalue weighted by Gasteiger charge is -2.24. The first-order valence-corrected chi connectivity index (χ1v) is 6.10. The fourth-order valence-electron chi connectivity index (χ4n) is 1.44. The zero-order valence-corrected chi connectivity index (χ0v) is 11.8. The van der Waals surface area contributed by atoms with Gasteiger partial charge in [0, 0.05) is 20.0 Å². The molecule has 0 bridgehead atoms. The Bertz CT molecular complexity index is 330. The normalized spacial score (nSPS) is 11.8. The van der Waals surface area contributed by atoms with Crippen LogP contribution in [0.3, 0.4) is 0 Å². The number of ether oxygens (including phenoxy) is 1. The molecule has 7 nitrogen and oxygen atoms in total. The maximum absolute atomic E-state index is 11.8. The van der Waals surface area contributed by atoms with Crippen LogP contribution < -0.4 is 5.32 Å². The molecule has 2 N–H and O–H groups in total. The second-order valence-electron chi connectivity index (χ2n) is 4.61. The Kier molecular flexibility index (Phi) is 7.55. The summed E-state index contributed by atoms with van der Waals surface area (Å²) in [4.78, 5) is 35.0. The lowest BCUT2D eigenvalue weighted by atomic mass is 10.1. The van der Waals surface area contributed by atoms with Crippen LogP contribution in [-0.4, -0.2) is 54.7 Å². The third kappa shape index (κ3) is 6.64. The van der Waals surface area contributed by atoms with Gasteiger partial charge in [0.25, 0.3) is 0 Å². The van der Waals surface area contributed by atoms with Gasteiger partial charge in [-0.1, -0.05) is 13.8 Å². The first-order valence-electron chi connectivity index (χ1n) is 6.10. The van der Waals surface area contributed by atoms with Crippen LogP contribution in [0.25, 0.3) is 0 Å². The number of methoxy groups -OCH3 is 1. The molecule has 2 amide bonds. The average molecular weight is 274 g/mol. The van der Waals surface area contributed by atoms with E-state index in [9.17, 15) is 14.4 Å². The minimum absolute atomic E-state index is 0.00221. The van der Waals surface area contributed by atoms with Crippen LogP contribution in [0, 0.1) is 5.92 Å². The summed E-state index contributed by atoms with van der Waals surface area (Å²) < 4.78 is 4.62. The third-order valence-corrected chi connectivity index (χ3v) is 2.63. The van der Waals surface area contributed by atoms with Gasteiger partial charge in [0.2, 0.25) is 0 Å². The summed E-state index contributed by atoms with van der Waals surface area (Å²) in [5.41, 5.74) is 0. The Labute approximate surface area is 112 Å². The summed E-state index contributed by atoms with van der Waals surface area (Å²) in [6.45, 7) is 3.91. The summed E-state index contributed by atoms with van der Waals surface area (Å²) in [6, 6.07) is -1.13. The molecule has 0 aromatic heterocycles. The first-order chi connectivity index (χ1) is 8.79. The van der Waals surface area contributed by atoms with Crippen molar-refractivity contribution in [2.75, 3.05) is 20.7 Å². The topological polar surface area (TPSA) is 95.9 Å². The van der Waals surface area contributed by atoms with Gasteiger partial charge in [0.05, 0.1) is 7.11 Å². The Morgan fingerprint density at radius 1 is 1.32 bits per heavy atom. The second-order valence-corrected chi connectivity index (χ2v) is 4.61. The highest BCUT2D eigenvalue weighted by atomic mass is 16.5. The van der Waals surface area contributed by atoms with Gasteiger partial charge < -0.3 is 20.1 Å². The van der Waals surface area contributed by atoms with Crippen LogP contribution in [0.1, 0.15) is 26.7 Å². The highest BCUT2D eigenvalue weighted by Gasteiger charge is 2.25. The predicted molar refractivity (Wildman–Crippen MR) is 68.7 cm³/mol. The minimum atomic E-state index is -0.900. The number of aliphatic carboxylic acids is 1. The lowest BCUT2D eigenvalue weighted by molar-refractivity contribution is -0.144. The van der Waals surface area contributed by atoms with Crippen molar-refractivity contribution in [2.45, 2.75) is 32.7 Å². The number of carbonyl (C=O) groups excluding carboxylic acids is 2. The van der Waals surface area contributed by atoms with Gasteiger partial charge >= 0.3 is 18.0 Å². The Balaban J connectivity index is 4.31. The van der Waals surface area contributed by atoms with E-state index in [1.165, 1.54) is 12.0 Å². The molecule has 1 unspecified atom stereocenters. The number of rotatable bonds is 7. The van der Waals surface area contributed by atoms with Crippen molar-refractivity contribution in [1.29, 1.82) is 0 Å². The molecule has 0 aliphatic heterocycles. The number of carboxylic acid groups (broad SMARTS) is 1. The molecule has 0 rings (SSSR count). The fraction of sp³-hybridized carbons (Fsp3) is 0.750. The average Bonchev–Trinajstić information content (AvgIpc) is 2.33. The van der Waals surface area contributed by atoms with Crippen LogP contribution >= 0.6 is 0 Å². The highest BCUT2D eigenvalue weighted by Crippen LogP contribution is 2.04. The van der Waals surface area contributed by atoms with E-state index in [-0.39, 0.29) is 12.3 Å². The van der Waals surface area contributed by atoms with Gasteiger partial charge in [-0.15, -0.1) is 0 Å². The molecule has 1 atom stereocenters. The maximum Gasteiger partial charge on any atom is 0.328 e. The summed E-state index contributed by atoms with van der Waals surface area (Å²) >= 11 is 0. The molecule has 110 valence electrons. The van der Waals surface area contributed by atoms with Crippen molar-refractivity contribution in [3.63, 3.8) is 0 Å². The van der Waals surface area contributed by atoms with Gasteiger partial charge in [0.15, 0.2) is 0 Å². The number of nitrogens with one attached hydrogen (secondary N) is 1. The van der Waals surface area contributed by atoms with E-state index in [1.807, 2.05) is 0 Å². The quantitative estimate of drug-likeness (QED) is 0.666. The van der Waals surface area contributed by atoms with Crippen molar-refractivity contribution < 1.29 is 24.2 Å². The number of amides is 2. The van der Waals surface area contributed by atoms with Crippen molar-refractivity contribution in [3.05, 3.63) is 0 Å². The van der Waals surface area contributed by atoms with E-state index < -0.39 is 24.0 Å². The molecule has 0 spiro atoms. The van der Waals surface area contributed by atoms with Crippen LogP contribution in [0.15, 0.2) is 0 Å². The number of urea groups is 1. The number of hydrogen-bond acceptors (Lipinski definition) is 4. The van der Waals surface area contributed by atoms with E-state index >= 15 is 0 Å². The largest absolute Gasteiger partial charge is 0.481 e. The van der Waals surface area contributed by atoms with E-state index in [1.54, 1.807) is 20.9 Å². The molecule has 0 saturated carbocycles. The summed E-state index contributed by atoms with van der Waals surface area (Å²) in [5, 5.41) is 11.1. The van der Waals surface area contributed by atoms with Gasteiger partial charge in [0.1, 0.15) is 6.04 Å². The van der Waals surface area contributed by atoms with Crippen LogP contribution in [0.5, 0.6) is 0 Å². The van der Waals surface area contributed by atoms with Crippen molar-refractivity contribution >= 4 is 18.0 Å². The second kappa shape index (κ2) is 8.34. The predicted octanol–water partition coefficient (Wildman–Crippen LogP) is 0.690. The number of nitrogens with zero attached hydrogens (tertiary/aromatic N) is 1. The van der Waals surface area contributed by atoms with Gasteiger partial charge in [-0.3, -0.25) is 4.79 Å². The zero-order chi connectivity index (χ0) is 15.0. The number of carbonyl (C=O) groups is 3. The SMILES string of the molecule is COC(=O)C(NC(=O)N(C)CCCC(=O)O)C(C)C. The van der Waals surface area contributed by atoms with E-state index in [4.69, 9.17) is 5.11 Å². The summed E-state index contributed by atoms with van der Waals surface area (Å²) in [5.74, 6) is -1.49. The Morgan fingerprint density at radius 3 is 2.32 bits per heavy atom. The van der Waals surface area contributed by atoms with Gasteiger partial charge in [-0.05, 0) is 12.3 Å². The molecule has 0 aliphatic rings. The molecule has 0 aromatic rings. The van der Waals surface area contributed by atoms with Crippen LogP contribution in [0.2, 0.25) is 0 Å². The molecule has 0 aromatic carbocycles. The van der Waals surface area contributed by atoms with Gasteiger partial charge in [-0.2, -0.15) is 0 Å².